The minimum absolute atomic E-state index is 0.0904. The summed E-state index contributed by atoms with van der Waals surface area (Å²) in [5, 5.41) is 2.01. The van der Waals surface area contributed by atoms with Gasteiger partial charge >= 0.3 is 0 Å². The first kappa shape index (κ1) is 17.0. The highest BCUT2D eigenvalue weighted by molar-refractivity contribution is 7.89. The van der Waals surface area contributed by atoms with E-state index >= 15 is 0 Å². The van der Waals surface area contributed by atoms with E-state index in [-0.39, 0.29) is 6.04 Å². The second kappa shape index (κ2) is 6.79. The van der Waals surface area contributed by atoms with Gasteiger partial charge in [0.2, 0.25) is 10.0 Å². The summed E-state index contributed by atoms with van der Waals surface area (Å²) in [5.74, 6) is 0.343. The predicted octanol–water partition coefficient (Wildman–Crippen LogP) is 4.11. The van der Waals surface area contributed by atoms with Crippen molar-refractivity contribution in [1.29, 1.82) is 0 Å². The molecule has 0 amide bonds. The average Bonchev–Trinajstić information content (AvgIpc) is 3.07. The Morgan fingerprint density at radius 1 is 1.38 bits per heavy atom. The molecule has 1 atom stereocenters. The van der Waals surface area contributed by atoms with Gasteiger partial charge in [0.1, 0.15) is 0 Å². The average molecular weight is 364 g/mol. The molecule has 7 heteroatoms. The summed E-state index contributed by atoms with van der Waals surface area (Å²) in [6.45, 7) is 3.76. The van der Waals surface area contributed by atoms with Crippen LogP contribution in [0, 0.1) is 6.92 Å². The van der Waals surface area contributed by atoms with Crippen LogP contribution < -0.4 is 0 Å². The molecule has 0 saturated carbocycles. The van der Waals surface area contributed by atoms with Gasteiger partial charge in [0.05, 0.1) is 10.8 Å². The van der Waals surface area contributed by atoms with Crippen molar-refractivity contribution in [3.05, 3.63) is 38.2 Å². The highest BCUT2D eigenvalue weighted by Crippen LogP contribution is 2.30. The van der Waals surface area contributed by atoms with Gasteiger partial charge in [0.15, 0.2) is 0 Å². The molecule has 0 radical (unpaired) electrons. The van der Waals surface area contributed by atoms with Gasteiger partial charge in [-0.3, -0.25) is 0 Å². The quantitative estimate of drug-likeness (QED) is 0.724. The van der Waals surface area contributed by atoms with Crippen molar-refractivity contribution in [3.8, 4) is 0 Å². The zero-order chi connectivity index (χ0) is 15.6. The summed E-state index contributed by atoms with van der Waals surface area (Å²) in [4.78, 5) is 3.24. The lowest BCUT2D eigenvalue weighted by molar-refractivity contribution is 0.388. The highest BCUT2D eigenvalue weighted by atomic mass is 35.5. The van der Waals surface area contributed by atoms with E-state index in [4.69, 9.17) is 11.6 Å². The van der Waals surface area contributed by atoms with Crippen LogP contribution in [0.4, 0.5) is 0 Å². The van der Waals surface area contributed by atoms with Crippen molar-refractivity contribution in [2.75, 3.05) is 7.05 Å². The Balaban J connectivity index is 2.23. The molecule has 2 aromatic rings. The van der Waals surface area contributed by atoms with Crippen molar-refractivity contribution < 1.29 is 8.42 Å². The Bertz CT molecular complexity index is 692. The molecular formula is C14H18ClNO2S3. The Hall–Kier alpha value is -0.400. The number of thiophene rings is 2. The molecule has 116 valence electrons. The van der Waals surface area contributed by atoms with Gasteiger partial charge in [0, 0.05) is 27.7 Å². The first-order valence-electron chi connectivity index (χ1n) is 6.52. The van der Waals surface area contributed by atoms with E-state index in [0.29, 0.717) is 10.8 Å². The maximum absolute atomic E-state index is 12.7. The maximum Gasteiger partial charge on any atom is 0.244 e. The molecular weight excluding hydrogens is 346 g/mol. The van der Waals surface area contributed by atoms with Crippen molar-refractivity contribution in [2.45, 2.75) is 37.1 Å². The van der Waals surface area contributed by atoms with Gasteiger partial charge in [-0.05, 0) is 37.8 Å². The van der Waals surface area contributed by atoms with Gasteiger partial charge in [-0.25, -0.2) is 8.42 Å². The summed E-state index contributed by atoms with van der Waals surface area (Å²) < 4.78 is 26.9. The van der Waals surface area contributed by atoms with Crippen molar-refractivity contribution in [3.63, 3.8) is 0 Å². The van der Waals surface area contributed by atoms with E-state index in [1.54, 1.807) is 24.5 Å². The maximum atomic E-state index is 12.7. The molecule has 2 heterocycles. The third-order valence-electron chi connectivity index (χ3n) is 3.41. The molecule has 0 aromatic carbocycles. The predicted molar refractivity (Wildman–Crippen MR) is 91.0 cm³/mol. The van der Waals surface area contributed by atoms with Gasteiger partial charge in [-0.2, -0.15) is 4.31 Å². The van der Waals surface area contributed by atoms with Crippen LogP contribution in [-0.2, 0) is 22.3 Å². The van der Waals surface area contributed by atoms with E-state index in [9.17, 15) is 8.42 Å². The molecule has 0 aliphatic rings. The van der Waals surface area contributed by atoms with Crippen LogP contribution in [0.15, 0.2) is 28.5 Å². The van der Waals surface area contributed by atoms with Crippen molar-refractivity contribution in [2.24, 2.45) is 0 Å². The third-order valence-corrected chi connectivity index (χ3v) is 8.03. The largest absolute Gasteiger partial charge is 0.244 e. The number of sulfonamides is 1. The van der Waals surface area contributed by atoms with E-state index in [1.165, 1.54) is 20.5 Å². The SMILES string of the molecule is Cc1sc(CCl)cc1S(=O)(=O)N(C)C(C)Cc1cccs1. The molecule has 0 N–H and O–H groups in total. The summed E-state index contributed by atoms with van der Waals surface area (Å²) in [6, 6.07) is 5.61. The minimum atomic E-state index is -3.47. The summed E-state index contributed by atoms with van der Waals surface area (Å²) in [7, 11) is -1.83. The molecule has 2 rings (SSSR count). The number of hydrogen-bond acceptors (Lipinski definition) is 4. The summed E-state index contributed by atoms with van der Waals surface area (Å²) >= 11 is 8.89. The van der Waals surface area contributed by atoms with E-state index in [0.717, 1.165) is 16.2 Å². The topological polar surface area (TPSA) is 37.4 Å². The second-order valence-electron chi connectivity index (χ2n) is 4.92. The molecule has 2 aromatic heterocycles. The zero-order valence-corrected chi connectivity index (χ0v) is 15.4. The highest BCUT2D eigenvalue weighted by Gasteiger charge is 2.28. The molecule has 0 spiro atoms. The van der Waals surface area contributed by atoms with Crippen molar-refractivity contribution >= 4 is 44.3 Å². The molecule has 0 aliphatic heterocycles. The summed E-state index contributed by atoms with van der Waals surface area (Å²) in [5.41, 5.74) is 0. The van der Waals surface area contributed by atoms with Gasteiger partial charge in [-0.15, -0.1) is 34.3 Å². The zero-order valence-electron chi connectivity index (χ0n) is 12.2. The first-order valence-corrected chi connectivity index (χ1v) is 10.2. The second-order valence-corrected chi connectivity index (χ2v) is 9.53. The van der Waals surface area contributed by atoms with Gasteiger partial charge in [0.25, 0.3) is 0 Å². The Morgan fingerprint density at radius 3 is 2.62 bits per heavy atom. The molecule has 21 heavy (non-hydrogen) atoms. The Labute approximate surface area is 139 Å². The molecule has 1 unspecified atom stereocenters. The monoisotopic (exact) mass is 363 g/mol. The van der Waals surface area contributed by atoms with Gasteiger partial charge in [-0.1, -0.05) is 6.07 Å². The lowest BCUT2D eigenvalue weighted by Gasteiger charge is -2.23. The van der Waals surface area contributed by atoms with Gasteiger partial charge < -0.3 is 0 Å². The van der Waals surface area contributed by atoms with E-state index in [1.807, 2.05) is 31.4 Å². The number of aryl methyl sites for hydroxylation is 1. The number of hydrogen-bond donors (Lipinski definition) is 0. The summed E-state index contributed by atoms with van der Waals surface area (Å²) in [6.07, 6.45) is 0.721. The van der Waals surface area contributed by atoms with Crippen LogP contribution in [-0.4, -0.2) is 25.8 Å². The van der Waals surface area contributed by atoms with Crippen LogP contribution in [0.5, 0.6) is 0 Å². The van der Waals surface area contributed by atoms with Crippen LogP contribution in [0.2, 0.25) is 0 Å². The number of rotatable bonds is 6. The minimum Gasteiger partial charge on any atom is -0.207 e. The van der Waals surface area contributed by atoms with Crippen LogP contribution >= 0.6 is 34.3 Å². The fourth-order valence-electron chi connectivity index (χ4n) is 2.09. The fourth-order valence-corrected chi connectivity index (χ4v) is 5.97. The third kappa shape index (κ3) is 3.68. The Morgan fingerprint density at radius 2 is 2.10 bits per heavy atom. The van der Waals surface area contributed by atoms with E-state index in [2.05, 4.69) is 0 Å². The smallest absolute Gasteiger partial charge is 0.207 e. The van der Waals surface area contributed by atoms with Crippen LogP contribution in [0.25, 0.3) is 0 Å². The molecule has 3 nitrogen and oxygen atoms in total. The first-order chi connectivity index (χ1) is 9.86. The molecule has 0 bridgehead atoms. The fraction of sp³-hybridized carbons (Fsp3) is 0.429. The number of halogens is 1. The molecule has 0 saturated heterocycles. The molecule has 0 aliphatic carbocycles. The number of likely N-dealkylation sites (N-methyl/N-ethyl adjacent to an activating group) is 1. The Kier molecular flexibility index (Phi) is 5.48. The molecule has 0 fully saturated rings. The number of nitrogens with zero attached hydrogens (tertiary/aromatic N) is 1. The van der Waals surface area contributed by atoms with E-state index < -0.39 is 10.0 Å². The van der Waals surface area contributed by atoms with Crippen LogP contribution in [0.3, 0.4) is 0 Å². The lowest BCUT2D eigenvalue weighted by Crippen LogP contribution is -2.36. The van der Waals surface area contributed by atoms with Crippen LogP contribution in [0.1, 0.15) is 21.6 Å². The lowest BCUT2D eigenvalue weighted by atomic mass is 10.2. The standard InChI is InChI=1S/C14H18ClNO2S3/c1-10(7-12-5-4-6-19-12)16(3)21(17,18)14-8-13(9-15)20-11(14)2/h4-6,8,10H,7,9H2,1-3H3. The number of alkyl halides is 1. The normalized spacial score (nSPS) is 13.8. The van der Waals surface area contributed by atoms with Crippen molar-refractivity contribution in [1.82, 2.24) is 4.31 Å².